The topological polar surface area (TPSA) is 84.1 Å². The number of benzene rings is 1. The summed E-state index contributed by atoms with van der Waals surface area (Å²) in [6.45, 7) is 0.442. The maximum absolute atomic E-state index is 11.9. The van der Waals surface area contributed by atoms with Crippen molar-refractivity contribution in [2.45, 2.75) is 12.8 Å². The fourth-order valence-corrected chi connectivity index (χ4v) is 1.72. The van der Waals surface area contributed by atoms with E-state index in [2.05, 4.69) is 20.3 Å². The molecule has 2 aromatic rings. The lowest BCUT2D eigenvalue weighted by Crippen LogP contribution is -2.24. The van der Waals surface area contributed by atoms with Crippen LogP contribution in [-0.2, 0) is 9.53 Å². The Kier molecular flexibility index (Phi) is 4.12. The minimum atomic E-state index is -0.269. The largest absolute Gasteiger partial charge is 0.469 e. The van der Waals surface area contributed by atoms with Crippen LogP contribution in [-0.4, -0.2) is 35.7 Å². The predicted molar refractivity (Wildman–Crippen MR) is 69.7 cm³/mol. The highest BCUT2D eigenvalue weighted by atomic mass is 16.5. The lowest BCUT2D eigenvalue weighted by molar-refractivity contribution is -0.140. The summed E-state index contributed by atoms with van der Waals surface area (Å²) in [4.78, 5) is 22.8. The molecule has 2 N–H and O–H groups in total. The zero-order chi connectivity index (χ0) is 13.7. The first kappa shape index (κ1) is 13.1. The molecule has 6 nitrogen and oxygen atoms in total. The van der Waals surface area contributed by atoms with Crippen LogP contribution in [0.15, 0.2) is 24.4 Å². The average Bonchev–Trinajstić information content (AvgIpc) is 2.90. The molecule has 0 fully saturated rings. The van der Waals surface area contributed by atoms with Crippen LogP contribution in [0.4, 0.5) is 0 Å². The summed E-state index contributed by atoms with van der Waals surface area (Å²) in [5.74, 6) is -0.429. The Bertz CT molecular complexity index is 592. The number of hydrogen-bond donors (Lipinski definition) is 2. The molecule has 1 aromatic carbocycles. The van der Waals surface area contributed by atoms with E-state index in [9.17, 15) is 9.59 Å². The van der Waals surface area contributed by atoms with E-state index < -0.39 is 0 Å². The van der Waals surface area contributed by atoms with Crippen LogP contribution >= 0.6 is 0 Å². The van der Waals surface area contributed by atoms with E-state index >= 15 is 0 Å². The number of aromatic amines is 1. The van der Waals surface area contributed by atoms with E-state index in [1.165, 1.54) is 7.11 Å². The smallest absolute Gasteiger partial charge is 0.305 e. The molecule has 1 aromatic heterocycles. The predicted octanol–water partition coefficient (Wildman–Crippen LogP) is 1.25. The molecule has 0 aliphatic heterocycles. The van der Waals surface area contributed by atoms with Crippen molar-refractivity contribution in [3.05, 3.63) is 30.0 Å². The minimum absolute atomic E-state index is 0.159. The van der Waals surface area contributed by atoms with E-state index in [1.54, 1.807) is 18.3 Å². The Hall–Kier alpha value is -2.37. The lowest BCUT2D eigenvalue weighted by atomic mass is 10.1. The fraction of sp³-hybridized carbons (Fsp3) is 0.308. The highest BCUT2D eigenvalue weighted by Gasteiger charge is 2.07. The van der Waals surface area contributed by atoms with Crippen LogP contribution in [0.1, 0.15) is 23.2 Å². The molecule has 0 aliphatic rings. The van der Waals surface area contributed by atoms with Gasteiger partial charge in [0.2, 0.25) is 0 Å². The molecule has 0 spiro atoms. The monoisotopic (exact) mass is 261 g/mol. The lowest BCUT2D eigenvalue weighted by Gasteiger charge is -2.04. The van der Waals surface area contributed by atoms with Crippen LogP contribution in [0, 0.1) is 0 Å². The summed E-state index contributed by atoms with van der Waals surface area (Å²) in [5.41, 5.74) is 1.47. The standard InChI is InChI=1S/C13H15N3O3/c1-19-12(17)3-2-6-14-13(18)9-4-5-11-10(7-9)8-15-16-11/h4-5,7-8H,2-3,6H2,1H3,(H,14,18)(H,15,16). The Balaban J connectivity index is 1.87. The third-order valence-electron chi connectivity index (χ3n) is 2.77. The van der Waals surface area contributed by atoms with Gasteiger partial charge in [-0.3, -0.25) is 14.7 Å². The first-order valence-electron chi connectivity index (χ1n) is 5.99. The van der Waals surface area contributed by atoms with Gasteiger partial charge in [0, 0.05) is 23.9 Å². The first-order valence-corrected chi connectivity index (χ1v) is 5.99. The van der Waals surface area contributed by atoms with E-state index in [0.717, 1.165) is 10.9 Å². The number of carbonyl (C=O) groups is 2. The Morgan fingerprint density at radius 1 is 1.42 bits per heavy atom. The maximum Gasteiger partial charge on any atom is 0.305 e. The van der Waals surface area contributed by atoms with Gasteiger partial charge in [-0.2, -0.15) is 5.10 Å². The third-order valence-corrected chi connectivity index (χ3v) is 2.77. The van der Waals surface area contributed by atoms with Gasteiger partial charge in [-0.05, 0) is 24.6 Å². The number of carbonyl (C=O) groups excluding carboxylic acids is 2. The van der Waals surface area contributed by atoms with Crippen LogP contribution in [0.25, 0.3) is 10.9 Å². The molecule has 0 aliphatic carbocycles. The second kappa shape index (κ2) is 5.99. The van der Waals surface area contributed by atoms with Gasteiger partial charge in [-0.1, -0.05) is 0 Å². The quantitative estimate of drug-likeness (QED) is 0.626. The summed E-state index contributed by atoms with van der Waals surface area (Å²) in [6.07, 6.45) is 2.54. The van der Waals surface area contributed by atoms with Crippen molar-refractivity contribution < 1.29 is 14.3 Å². The van der Waals surface area contributed by atoms with Gasteiger partial charge in [-0.25, -0.2) is 0 Å². The number of nitrogens with zero attached hydrogens (tertiary/aromatic N) is 1. The number of amides is 1. The second-order valence-electron chi connectivity index (χ2n) is 4.11. The van der Waals surface area contributed by atoms with Crippen LogP contribution in [0.3, 0.4) is 0 Å². The Morgan fingerprint density at radius 3 is 3.05 bits per heavy atom. The molecule has 0 saturated carbocycles. The molecule has 0 radical (unpaired) electrons. The fourth-order valence-electron chi connectivity index (χ4n) is 1.72. The summed E-state index contributed by atoms with van der Waals surface area (Å²) >= 11 is 0. The number of nitrogens with one attached hydrogen (secondary N) is 2. The van der Waals surface area contributed by atoms with Crippen LogP contribution in [0.2, 0.25) is 0 Å². The molecule has 100 valence electrons. The van der Waals surface area contributed by atoms with Gasteiger partial charge in [0.25, 0.3) is 5.91 Å². The number of rotatable bonds is 5. The molecular weight excluding hydrogens is 246 g/mol. The molecule has 1 amide bonds. The number of methoxy groups -OCH3 is 1. The molecule has 2 rings (SSSR count). The van der Waals surface area contributed by atoms with Crippen molar-refractivity contribution in [1.29, 1.82) is 0 Å². The van der Waals surface area contributed by atoms with Gasteiger partial charge in [-0.15, -0.1) is 0 Å². The third kappa shape index (κ3) is 3.31. The SMILES string of the molecule is COC(=O)CCCNC(=O)c1ccc2[nH]ncc2c1. The zero-order valence-corrected chi connectivity index (χ0v) is 10.6. The van der Waals surface area contributed by atoms with E-state index in [1.807, 2.05) is 6.07 Å². The van der Waals surface area contributed by atoms with Crippen molar-refractivity contribution in [1.82, 2.24) is 15.5 Å². The number of aromatic nitrogens is 2. The number of fused-ring (bicyclic) bond motifs is 1. The summed E-state index contributed by atoms with van der Waals surface area (Å²) < 4.78 is 4.52. The van der Waals surface area contributed by atoms with Gasteiger partial charge >= 0.3 is 5.97 Å². The van der Waals surface area contributed by atoms with Crippen LogP contribution in [0.5, 0.6) is 0 Å². The molecular formula is C13H15N3O3. The first-order chi connectivity index (χ1) is 9.20. The van der Waals surface area contributed by atoms with Gasteiger partial charge in [0.15, 0.2) is 0 Å². The van der Waals surface area contributed by atoms with Gasteiger partial charge in [0.05, 0.1) is 18.8 Å². The van der Waals surface area contributed by atoms with Crippen molar-refractivity contribution in [2.75, 3.05) is 13.7 Å². The summed E-state index contributed by atoms with van der Waals surface area (Å²) in [7, 11) is 1.35. The Labute approximate surface area is 110 Å². The number of hydrogen-bond acceptors (Lipinski definition) is 4. The van der Waals surface area contributed by atoms with Crippen molar-refractivity contribution >= 4 is 22.8 Å². The normalized spacial score (nSPS) is 10.4. The molecule has 19 heavy (non-hydrogen) atoms. The number of ether oxygens (including phenoxy) is 1. The highest BCUT2D eigenvalue weighted by molar-refractivity contribution is 5.97. The summed E-state index contributed by atoms with van der Waals surface area (Å²) in [5, 5.41) is 10.4. The van der Waals surface area contributed by atoms with Gasteiger partial charge < -0.3 is 10.1 Å². The van der Waals surface area contributed by atoms with E-state index in [0.29, 0.717) is 24.9 Å². The van der Waals surface area contributed by atoms with Crippen molar-refractivity contribution in [2.24, 2.45) is 0 Å². The summed E-state index contributed by atoms with van der Waals surface area (Å²) in [6, 6.07) is 5.32. The molecule has 6 heteroatoms. The molecule has 1 heterocycles. The molecule has 0 unspecified atom stereocenters. The average molecular weight is 261 g/mol. The van der Waals surface area contributed by atoms with E-state index in [-0.39, 0.29) is 11.9 Å². The Morgan fingerprint density at radius 2 is 2.26 bits per heavy atom. The molecule has 0 saturated heterocycles. The molecule has 0 atom stereocenters. The van der Waals surface area contributed by atoms with Crippen molar-refractivity contribution in [3.8, 4) is 0 Å². The second-order valence-corrected chi connectivity index (χ2v) is 4.11. The molecule has 0 bridgehead atoms. The van der Waals surface area contributed by atoms with Gasteiger partial charge in [0.1, 0.15) is 0 Å². The minimum Gasteiger partial charge on any atom is -0.469 e. The zero-order valence-electron chi connectivity index (χ0n) is 10.6. The maximum atomic E-state index is 11.9. The number of H-pyrrole nitrogens is 1. The van der Waals surface area contributed by atoms with E-state index in [4.69, 9.17) is 0 Å². The highest BCUT2D eigenvalue weighted by Crippen LogP contribution is 2.12. The van der Waals surface area contributed by atoms with Crippen molar-refractivity contribution in [3.63, 3.8) is 0 Å². The number of esters is 1. The van der Waals surface area contributed by atoms with Crippen LogP contribution < -0.4 is 5.32 Å².